The molecule has 0 aliphatic heterocycles. The third kappa shape index (κ3) is 5.68. The summed E-state index contributed by atoms with van der Waals surface area (Å²) < 4.78 is 0. The Labute approximate surface area is 79.4 Å². The highest BCUT2D eigenvalue weighted by atomic mass is 14.2. The smallest absolute Gasteiger partial charge is 0.0920 e. The van der Waals surface area contributed by atoms with Gasteiger partial charge >= 0.3 is 0 Å². The van der Waals surface area contributed by atoms with Crippen LogP contribution in [0.5, 0.6) is 0 Å². The predicted molar refractivity (Wildman–Crippen MR) is 58.8 cm³/mol. The molecule has 0 fully saturated rings. The van der Waals surface area contributed by atoms with Crippen LogP contribution < -0.4 is 0 Å². The highest BCUT2D eigenvalue weighted by molar-refractivity contribution is 6.33. The van der Waals surface area contributed by atoms with Crippen LogP contribution in [0.3, 0.4) is 0 Å². The van der Waals surface area contributed by atoms with E-state index in [1.165, 1.54) is 19.2 Å². The van der Waals surface area contributed by atoms with E-state index >= 15 is 0 Å². The van der Waals surface area contributed by atoms with Crippen molar-refractivity contribution in [1.82, 2.24) is 0 Å². The van der Waals surface area contributed by atoms with Gasteiger partial charge in [-0.1, -0.05) is 47.3 Å². The van der Waals surface area contributed by atoms with E-state index in [0.29, 0.717) is 0 Å². The molecule has 0 nitrogen and oxygen atoms in total. The zero-order valence-corrected chi connectivity index (χ0v) is 9.43. The fourth-order valence-corrected chi connectivity index (χ4v) is 1.48. The van der Waals surface area contributed by atoms with Crippen molar-refractivity contribution in [3.63, 3.8) is 0 Å². The van der Waals surface area contributed by atoms with Gasteiger partial charge in [0.2, 0.25) is 0 Å². The third-order valence-corrected chi connectivity index (χ3v) is 2.86. The summed E-state index contributed by atoms with van der Waals surface area (Å²) in [5, 5.41) is 0. The highest BCUT2D eigenvalue weighted by Crippen LogP contribution is 2.22. The van der Waals surface area contributed by atoms with Gasteiger partial charge in [-0.15, -0.1) is 0 Å². The molecule has 0 N–H and O–H groups in total. The van der Waals surface area contributed by atoms with Crippen LogP contribution in [0.2, 0.25) is 13.1 Å². The van der Waals surface area contributed by atoms with Crippen LogP contribution in [-0.4, -0.2) is 7.28 Å². The highest BCUT2D eigenvalue weighted by Gasteiger charge is 2.11. The van der Waals surface area contributed by atoms with Crippen LogP contribution in [0, 0.1) is 17.8 Å². The Bertz CT molecular complexity index is 99.2. The van der Waals surface area contributed by atoms with Gasteiger partial charge in [0.25, 0.3) is 0 Å². The SMILES string of the molecule is C[B]CCC(C)CC(C)C(C)C. The molecular weight excluding hydrogens is 143 g/mol. The molecule has 71 valence electrons. The van der Waals surface area contributed by atoms with Gasteiger partial charge in [0.1, 0.15) is 7.28 Å². The van der Waals surface area contributed by atoms with Gasteiger partial charge in [0, 0.05) is 0 Å². The predicted octanol–water partition coefficient (Wildman–Crippen LogP) is 3.87. The molecule has 0 aromatic heterocycles. The van der Waals surface area contributed by atoms with Gasteiger partial charge in [0.15, 0.2) is 0 Å². The maximum Gasteiger partial charge on any atom is 0.105 e. The average molecular weight is 167 g/mol. The van der Waals surface area contributed by atoms with Gasteiger partial charge in [-0.2, -0.15) is 0 Å². The summed E-state index contributed by atoms with van der Waals surface area (Å²) in [6.45, 7) is 11.5. The van der Waals surface area contributed by atoms with Crippen LogP contribution >= 0.6 is 0 Å². The molecule has 2 atom stereocenters. The molecule has 0 aliphatic carbocycles. The van der Waals surface area contributed by atoms with Gasteiger partial charge in [-0.3, -0.25) is 0 Å². The minimum atomic E-state index is 0.845. The van der Waals surface area contributed by atoms with E-state index in [1.54, 1.807) is 0 Å². The summed E-state index contributed by atoms with van der Waals surface area (Å²) >= 11 is 0. The van der Waals surface area contributed by atoms with Crippen molar-refractivity contribution < 1.29 is 0 Å². The molecule has 0 saturated carbocycles. The summed E-state index contributed by atoms with van der Waals surface area (Å²) in [6, 6.07) is 0. The lowest BCUT2D eigenvalue weighted by Gasteiger charge is -2.19. The van der Waals surface area contributed by atoms with E-state index in [-0.39, 0.29) is 0 Å². The number of rotatable bonds is 6. The van der Waals surface area contributed by atoms with E-state index in [0.717, 1.165) is 17.8 Å². The first kappa shape index (κ1) is 12.1. The van der Waals surface area contributed by atoms with E-state index in [4.69, 9.17) is 0 Å². The van der Waals surface area contributed by atoms with Gasteiger partial charge in [-0.25, -0.2) is 0 Å². The van der Waals surface area contributed by atoms with Crippen molar-refractivity contribution >= 4 is 7.28 Å². The van der Waals surface area contributed by atoms with E-state index in [9.17, 15) is 0 Å². The van der Waals surface area contributed by atoms with Crippen molar-refractivity contribution in [1.29, 1.82) is 0 Å². The minimum absolute atomic E-state index is 0.845. The lowest BCUT2D eigenvalue weighted by atomic mass is 9.73. The zero-order chi connectivity index (χ0) is 9.56. The largest absolute Gasteiger partial charge is 0.105 e. The molecule has 0 saturated heterocycles. The summed E-state index contributed by atoms with van der Waals surface area (Å²) in [4.78, 5) is 0. The Kier molecular flexibility index (Phi) is 6.60. The molecule has 0 spiro atoms. The first-order chi connectivity index (χ1) is 5.57. The molecule has 0 rings (SSSR count). The van der Waals surface area contributed by atoms with Gasteiger partial charge in [0.05, 0.1) is 0 Å². The summed E-state index contributed by atoms with van der Waals surface area (Å²) in [6.07, 6.45) is 4.05. The molecule has 2 unspecified atom stereocenters. The lowest BCUT2D eigenvalue weighted by molar-refractivity contribution is 0.327. The fourth-order valence-electron chi connectivity index (χ4n) is 1.48. The average Bonchev–Trinajstić information content (AvgIpc) is 2.00. The Morgan fingerprint density at radius 1 is 1.08 bits per heavy atom. The van der Waals surface area contributed by atoms with Crippen LogP contribution in [0.4, 0.5) is 0 Å². The standard InChI is InChI=1S/C11H24B/c1-9(2)11(4)8-10(3)6-7-12-5/h9-11H,6-8H2,1-5H3. The molecule has 12 heavy (non-hydrogen) atoms. The van der Waals surface area contributed by atoms with Crippen molar-refractivity contribution in [3.05, 3.63) is 0 Å². The molecule has 0 amide bonds. The molecular formula is C11H24B. The van der Waals surface area contributed by atoms with Crippen molar-refractivity contribution in [2.45, 2.75) is 53.7 Å². The molecule has 0 aromatic carbocycles. The summed E-state index contributed by atoms with van der Waals surface area (Å²) in [5.41, 5.74) is 0. The van der Waals surface area contributed by atoms with Crippen LogP contribution in [0.25, 0.3) is 0 Å². The Balaban J connectivity index is 3.47. The van der Waals surface area contributed by atoms with Crippen LogP contribution in [-0.2, 0) is 0 Å². The Morgan fingerprint density at radius 2 is 1.67 bits per heavy atom. The van der Waals surface area contributed by atoms with Gasteiger partial charge < -0.3 is 0 Å². The fraction of sp³-hybridized carbons (Fsp3) is 1.00. The number of hydrogen-bond acceptors (Lipinski definition) is 0. The van der Waals surface area contributed by atoms with E-state index in [1.807, 2.05) is 0 Å². The second kappa shape index (κ2) is 6.57. The second-order valence-corrected chi connectivity index (χ2v) is 4.55. The normalized spacial score (nSPS) is 16.2. The van der Waals surface area contributed by atoms with Crippen molar-refractivity contribution in [2.24, 2.45) is 17.8 Å². The number of hydrogen-bond donors (Lipinski definition) is 0. The molecule has 0 bridgehead atoms. The first-order valence-corrected chi connectivity index (χ1v) is 5.35. The monoisotopic (exact) mass is 167 g/mol. The van der Waals surface area contributed by atoms with Crippen molar-refractivity contribution in [2.75, 3.05) is 0 Å². The Morgan fingerprint density at radius 3 is 2.08 bits per heavy atom. The topological polar surface area (TPSA) is 0 Å². The molecule has 1 heteroatoms. The van der Waals surface area contributed by atoms with Crippen LogP contribution in [0.1, 0.15) is 40.5 Å². The maximum atomic E-state index is 2.38. The van der Waals surface area contributed by atoms with Crippen LogP contribution in [0.15, 0.2) is 0 Å². The van der Waals surface area contributed by atoms with E-state index in [2.05, 4.69) is 41.8 Å². The second-order valence-electron chi connectivity index (χ2n) is 4.55. The molecule has 0 aliphatic rings. The third-order valence-electron chi connectivity index (χ3n) is 2.86. The first-order valence-electron chi connectivity index (χ1n) is 5.35. The zero-order valence-electron chi connectivity index (χ0n) is 9.43. The van der Waals surface area contributed by atoms with Crippen molar-refractivity contribution in [3.8, 4) is 0 Å². The summed E-state index contributed by atoms with van der Waals surface area (Å²) in [5.74, 6) is 2.63. The quantitative estimate of drug-likeness (QED) is 0.527. The maximum absolute atomic E-state index is 2.38. The van der Waals surface area contributed by atoms with E-state index < -0.39 is 0 Å². The molecule has 1 radical (unpaired) electrons. The molecule has 0 heterocycles. The minimum Gasteiger partial charge on any atom is -0.0920 e. The lowest BCUT2D eigenvalue weighted by Crippen LogP contribution is -2.09. The Hall–Kier alpha value is 0.0649. The van der Waals surface area contributed by atoms with Gasteiger partial charge in [-0.05, 0) is 24.2 Å². The molecule has 0 aromatic rings. The summed E-state index contributed by atoms with van der Waals surface area (Å²) in [7, 11) is 2.27.